The summed E-state index contributed by atoms with van der Waals surface area (Å²) in [5, 5.41) is 1.52. The van der Waals surface area contributed by atoms with Gasteiger partial charge in [0.25, 0.3) is 17.7 Å². The van der Waals surface area contributed by atoms with Crippen molar-refractivity contribution in [3.63, 3.8) is 0 Å². The van der Waals surface area contributed by atoms with E-state index < -0.39 is 35.9 Å². The SMILES string of the molecule is O=C(CN(C(=O)c1ccc(Cl)cc1Cl)N1C(=O)c2c(Br)c(Br)c(Br)c(Br)c2C1=O)c1ccc(F)cc1. The van der Waals surface area contributed by atoms with Crippen LogP contribution >= 0.6 is 86.9 Å². The predicted molar refractivity (Wildman–Crippen MR) is 146 cm³/mol. The summed E-state index contributed by atoms with van der Waals surface area (Å²) in [6.45, 7) is -0.716. The number of imide groups is 1. The molecule has 0 unspecified atom stereocenters. The second kappa shape index (κ2) is 10.6. The summed E-state index contributed by atoms with van der Waals surface area (Å²) in [4.78, 5) is 53.8. The van der Waals surface area contributed by atoms with Gasteiger partial charge in [-0.3, -0.25) is 19.2 Å². The van der Waals surface area contributed by atoms with Crippen LogP contribution in [0.4, 0.5) is 4.39 Å². The number of ketones is 1. The Hall–Kier alpha value is -1.63. The molecule has 0 atom stereocenters. The van der Waals surface area contributed by atoms with Crippen molar-refractivity contribution in [2.45, 2.75) is 0 Å². The highest BCUT2D eigenvalue weighted by molar-refractivity contribution is 9.15. The number of hydrogen-bond donors (Lipinski definition) is 0. The molecule has 36 heavy (non-hydrogen) atoms. The molecule has 6 nitrogen and oxygen atoms in total. The molecule has 1 aliphatic rings. The highest BCUT2D eigenvalue weighted by Gasteiger charge is 2.46. The van der Waals surface area contributed by atoms with Crippen LogP contribution in [0, 0.1) is 5.82 Å². The normalized spacial score (nSPS) is 12.7. The molecule has 1 aliphatic heterocycles. The summed E-state index contributed by atoms with van der Waals surface area (Å²) >= 11 is 25.5. The van der Waals surface area contributed by atoms with Crippen molar-refractivity contribution in [1.29, 1.82) is 0 Å². The van der Waals surface area contributed by atoms with Crippen molar-refractivity contribution in [3.05, 3.63) is 98.5 Å². The lowest BCUT2D eigenvalue weighted by Gasteiger charge is -2.29. The fourth-order valence-electron chi connectivity index (χ4n) is 3.46. The van der Waals surface area contributed by atoms with Gasteiger partial charge in [0.05, 0.1) is 21.7 Å². The number of fused-ring (bicyclic) bond motifs is 1. The predicted octanol–water partition coefficient (Wildman–Crippen LogP) is 7.72. The van der Waals surface area contributed by atoms with Gasteiger partial charge in [-0.1, -0.05) is 23.2 Å². The van der Waals surface area contributed by atoms with E-state index >= 15 is 0 Å². The monoisotopic (exact) mass is 782 g/mol. The minimum Gasteiger partial charge on any atom is -0.292 e. The number of carbonyl (C=O) groups is 4. The molecule has 0 aliphatic carbocycles. The van der Waals surface area contributed by atoms with Gasteiger partial charge in [-0.05, 0) is 106 Å². The van der Waals surface area contributed by atoms with Crippen molar-refractivity contribution < 1.29 is 23.6 Å². The van der Waals surface area contributed by atoms with Gasteiger partial charge in [-0.25, -0.2) is 9.40 Å². The van der Waals surface area contributed by atoms with Crippen LogP contribution in [0.5, 0.6) is 0 Å². The lowest BCUT2D eigenvalue weighted by atomic mass is 10.1. The largest absolute Gasteiger partial charge is 0.292 e. The summed E-state index contributed by atoms with van der Waals surface area (Å²) in [6, 6.07) is 8.68. The molecule has 0 spiro atoms. The molecule has 0 bridgehead atoms. The van der Waals surface area contributed by atoms with E-state index in [4.69, 9.17) is 23.2 Å². The molecular weight excluding hydrogens is 778 g/mol. The Labute approximate surface area is 247 Å². The Morgan fingerprint density at radius 3 is 1.86 bits per heavy atom. The molecule has 0 aromatic heterocycles. The van der Waals surface area contributed by atoms with Crippen molar-refractivity contribution in [2.24, 2.45) is 0 Å². The summed E-state index contributed by atoms with van der Waals surface area (Å²) in [5.74, 6) is -3.79. The molecular formula is C23H9Br4Cl2FN2O4. The molecule has 0 N–H and O–H groups in total. The van der Waals surface area contributed by atoms with Gasteiger partial charge in [0.1, 0.15) is 12.4 Å². The quantitative estimate of drug-likeness (QED) is 0.115. The Bertz CT molecular complexity index is 1440. The Balaban J connectivity index is 1.84. The maximum Gasteiger partial charge on any atom is 0.282 e. The number of Topliss-reactive ketones (excluding diaryl/α,β-unsaturated/α-hetero) is 1. The van der Waals surface area contributed by atoms with Crippen molar-refractivity contribution >= 4 is 110 Å². The zero-order valence-corrected chi connectivity index (χ0v) is 25.3. The minimum atomic E-state index is -0.896. The third-order valence-electron chi connectivity index (χ3n) is 5.18. The highest BCUT2D eigenvalue weighted by atomic mass is 79.9. The van der Waals surface area contributed by atoms with E-state index in [0.29, 0.717) is 19.0 Å². The van der Waals surface area contributed by atoms with Crippen molar-refractivity contribution in [1.82, 2.24) is 10.0 Å². The van der Waals surface area contributed by atoms with Crippen LogP contribution in [0.15, 0.2) is 60.4 Å². The van der Waals surface area contributed by atoms with Crippen LogP contribution in [-0.2, 0) is 0 Å². The van der Waals surface area contributed by atoms with Crippen LogP contribution in [-0.4, -0.2) is 40.1 Å². The second-order valence-electron chi connectivity index (χ2n) is 7.35. The Kier molecular flexibility index (Phi) is 8.09. The summed E-state index contributed by atoms with van der Waals surface area (Å²) in [5.41, 5.74) is -0.0572. The van der Waals surface area contributed by atoms with E-state index in [1.54, 1.807) is 0 Å². The molecule has 0 radical (unpaired) electrons. The molecule has 3 aromatic rings. The molecule has 0 fully saturated rings. The zero-order valence-electron chi connectivity index (χ0n) is 17.4. The van der Waals surface area contributed by atoms with E-state index in [-0.39, 0.29) is 41.2 Å². The molecule has 13 heteroatoms. The zero-order chi connectivity index (χ0) is 26.5. The van der Waals surface area contributed by atoms with Crippen LogP contribution in [0.2, 0.25) is 10.0 Å². The summed E-state index contributed by atoms with van der Waals surface area (Å²) < 4.78 is 14.8. The highest BCUT2D eigenvalue weighted by Crippen LogP contribution is 2.45. The number of rotatable bonds is 5. The van der Waals surface area contributed by atoms with E-state index in [1.165, 1.54) is 30.3 Å². The molecule has 3 amide bonds. The van der Waals surface area contributed by atoms with Crippen LogP contribution in [0.25, 0.3) is 0 Å². The second-order valence-corrected chi connectivity index (χ2v) is 11.4. The average molecular weight is 787 g/mol. The number of amides is 3. The van der Waals surface area contributed by atoms with Gasteiger partial charge >= 0.3 is 0 Å². The lowest BCUT2D eigenvalue weighted by Crippen LogP contribution is -2.51. The number of hydrazine groups is 1. The van der Waals surface area contributed by atoms with Gasteiger partial charge in [-0.2, -0.15) is 5.01 Å². The minimum absolute atomic E-state index is 0.0174. The third kappa shape index (κ3) is 4.81. The molecule has 184 valence electrons. The van der Waals surface area contributed by atoms with Gasteiger partial charge < -0.3 is 0 Å². The molecule has 1 heterocycles. The van der Waals surface area contributed by atoms with E-state index in [2.05, 4.69) is 63.7 Å². The van der Waals surface area contributed by atoms with Gasteiger partial charge in [0.2, 0.25) is 0 Å². The smallest absolute Gasteiger partial charge is 0.282 e. The fraction of sp³-hybridized carbons (Fsp3) is 0.0435. The standard InChI is InChI=1S/C23H9Br4Cl2FN2O4/c24-17-15-16(18(25)20(27)19(17)26)23(36)32(22(15)35)31(8-14(33)9-1-4-11(30)5-2-9)21(34)12-6-3-10(28)7-13(12)29/h1-7H,8H2. The molecule has 4 rings (SSSR count). The fourth-order valence-corrected chi connectivity index (χ4v) is 6.40. The van der Waals surface area contributed by atoms with E-state index in [0.717, 1.165) is 12.1 Å². The first-order chi connectivity index (χ1) is 16.9. The third-order valence-corrected chi connectivity index (χ3v) is 10.5. The Morgan fingerprint density at radius 2 is 1.36 bits per heavy atom. The summed E-state index contributed by atoms with van der Waals surface area (Å²) in [6.07, 6.45) is 0. The number of benzene rings is 3. The average Bonchev–Trinajstić information content (AvgIpc) is 3.09. The van der Waals surface area contributed by atoms with Crippen LogP contribution < -0.4 is 0 Å². The van der Waals surface area contributed by atoms with Gasteiger partial charge in [-0.15, -0.1) is 0 Å². The maximum atomic E-state index is 13.6. The van der Waals surface area contributed by atoms with Crippen molar-refractivity contribution in [3.8, 4) is 0 Å². The van der Waals surface area contributed by atoms with Crippen LogP contribution in [0.3, 0.4) is 0 Å². The Morgan fingerprint density at radius 1 is 0.833 bits per heavy atom. The number of carbonyl (C=O) groups excluding carboxylic acids is 4. The molecule has 0 saturated carbocycles. The molecule has 3 aromatic carbocycles. The van der Waals surface area contributed by atoms with Crippen molar-refractivity contribution in [2.75, 3.05) is 6.54 Å². The van der Waals surface area contributed by atoms with E-state index in [1.807, 2.05) is 0 Å². The first-order valence-corrected chi connectivity index (χ1v) is 13.7. The van der Waals surface area contributed by atoms with Gasteiger partial charge in [0, 0.05) is 28.5 Å². The number of nitrogens with zero attached hydrogens (tertiary/aromatic N) is 2. The first kappa shape index (κ1) is 27.4. The first-order valence-electron chi connectivity index (χ1n) is 9.74. The molecule has 0 saturated heterocycles. The lowest BCUT2D eigenvalue weighted by molar-refractivity contribution is 0.00527. The van der Waals surface area contributed by atoms with Gasteiger partial charge in [0.15, 0.2) is 5.78 Å². The van der Waals surface area contributed by atoms with Crippen LogP contribution in [0.1, 0.15) is 41.4 Å². The summed E-state index contributed by atoms with van der Waals surface area (Å²) in [7, 11) is 0. The van der Waals surface area contributed by atoms with E-state index in [9.17, 15) is 23.6 Å². The topological polar surface area (TPSA) is 74.8 Å². The number of halogens is 7. The maximum absolute atomic E-state index is 13.6. The number of hydrogen-bond acceptors (Lipinski definition) is 4.